The van der Waals surface area contributed by atoms with Gasteiger partial charge in [-0.25, -0.2) is 0 Å². The van der Waals surface area contributed by atoms with E-state index in [0.717, 1.165) is 19.6 Å². The fourth-order valence-corrected chi connectivity index (χ4v) is 1.72. The Morgan fingerprint density at radius 2 is 1.37 bits per heavy atom. The second-order valence-electron chi connectivity index (χ2n) is 4.87. The third kappa shape index (κ3) is 13.4. The van der Waals surface area contributed by atoms with Crippen LogP contribution in [0.3, 0.4) is 0 Å². The molecular weight excluding hydrogens is 232 g/mol. The van der Waals surface area contributed by atoms with Crippen LogP contribution in [0.25, 0.3) is 0 Å². The highest BCUT2D eigenvalue weighted by molar-refractivity contribution is 5.13. The van der Waals surface area contributed by atoms with E-state index in [0.29, 0.717) is 0 Å². The Morgan fingerprint density at radius 1 is 0.842 bits per heavy atom. The average Bonchev–Trinajstić information content (AvgIpc) is 3.06. The number of unbranched alkanes of at least 4 members (excludes halogenated alkanes) is 3. The summed E-state index contributed by atoms with van der Waals surface area (Å²) in [6.45, 7) is 8.63. The van der Waals surface area contributed by atoms with Crippen LogP contribution in [0.1, 0.15) is 64.9 Å². The summed E-state index contributed by atoms with van der Waals surface area (Å²) in [5.41, 5.74) is 1.41. The fourth-order valence-electron chi connectivity index (χ4n) is 1.72. The van der Waals surface area contributed by atoms with Crippen LogP contribution in [0.5, 0.6) is 0 Å². The summed E-state index contributed by atoms with van der Waals surface area (Å²) in [5.74, 6) is 0. The van der Waals surface area contributed by atoms with E-state index < -0.39 is 0 Å². The molecule has 0 radical (unpaired) electrons. The molecule has 1 saturated heterocycles. The first-order valence-electron chi connectivity index (χ1n) is 7.96. The van der Waals surface area contributed by atoms with Gasteiger partial charge in [-0.3, -0.25) is 0 Å². The quantitative estimate of drug-likeness (QED) is 0.640. The lowest BCUT2D eigenvalue weighted by atomic mass is 10.2. The van der Waals surface area contributed by atoms with Crippen molar-refractivity contribution in [3.8, 4) is 0 Å². The van der Waals surface area contributed by atoms with Gasteiger partial charge in [0.25, 0.3) is 0 Å². The van der Waals surface area contributed by atoms with Gasteiger partial charge < -0.3 is 4.74 Å². The molecule has 1 heterocycles. The molecule has 0 aliphatic carbocycles. The molecule has 0 saturated carbocycles. The van der Waals surface area contributed by atoms with Gasteiger partial charge in [0, 0.05) is 13.2 Å². The van der Waals surface area contributed by atoms with E-state index in [9.17, 15) is 0 Å². The first-order valence-corrected chi connectivity index (χ1v) is 7.96. The summed E-state index contributed by atoms with van der Waals surface area (Å²) >= 11 is 0. The van der Waals surface area contributed by atoms with Gasteiger partial charge in [-0.2, -0.15) is 0 Å². The molecule has 1 aliphatic rings. The molecule has 0 atom stereocenters. The molecule has 1 nitrogen and oxygen atoms in total. The van der Waals surface area contributed by atoms with Crippen LogP contribution < -0.4 is 0 Å². The zero-order valence-corrected chi connectivity index (χ0v) is 13.2. The summed E-state index contributed by atoms with van der Waals surface area (Å²) in [6, 6.07) is 10.5. The van der Waals surface area contributed by atoms with Crippen molar-refractivity contribution in [3.63, 3.8) is 0 Å². The largest absolute Gasteiger partial charge is 0.381 e. The summed E-state index contributed by atoms with van der Waals surface area (Å²) < 4.78 is 4.94. The third-order valence-corrected chi connectivity index (χ3v) is 3.04. The van der Waals surface area contributed by atoms with Gasteiger partial charge in [-0.1, -0.05) is 76.8 Å². The lowest BCUT2D eigenvalue weighted by Gasteiger charge is -1.89. The van der Waals surface area contributed by atoms with Crippen LogP contribution >= 0.6 is 0 Å². The zero-order valence-electron chi connectivity index (χ0n) is 13.2. The Bertz CT molecular complexity index is 240. The number of hydrogen-bond donors (Lipinski definition) is 0. The van der Waals surface area contributed by atoms with Gasteiger partial charge in [0.15, 0.2) is 0 Å². The smallest absolute Gasteiger partial charge is 0.0466 e. The molecule has 110 valence electrons. The van der Waals surface area contributed by atoms with Crippen molar-refractivity contribution in [1.82, 2.24) is 0 Å². The normalized spacial score (nSPS) is 13.0. The third-order valence-electron chi connectivity index (χ3n) is 3.04. The van der Waals surface area contributed by atoms with Crippen LogP contribution in [-0.2, 0) is 11.2 Å². The number of ether oxygens (including phenoxy) is 1. The zero-order chi connectivity index (χ0) is 14.2. The molecule has 0 spiro atoms. The van der Waals surface area contributed by atoms with Crippen LogP contribution in [-0.4, -0.2) is 13.2 Å². The Hall–Kier alpha value is -0.820. The van der Waals surface area contributed by atoms with E-state index in [1.165, 1.54) is 44.1 Å². The van der Waals surface area contributed by atoms with E-state index in [4.69, 9.17) is 4.74 Å². The molecule has 0 N–H and O–H groups in total. The molecule has 0 unspecified atom stereocenters. The van der Waals surface area contributed by atoms with Crippen molar-refractivity contribution >= 4 is 0 Å². The van der Waals surface area contributed by atoms with Gasteiger partial charge in [0.05, 0.1) is 0 Å². The molecule has 0 aromatic heterocycles. The molecule has 19 heavy (non-hydrogen) atoms. The number of hydrogen-bond acceptors (Lipinski definition) is 1. The van der Waals surface area contributed by atoms with E-state index >= 15 is 0 Å². The highest BCUT2D eigenvalue weighted by atomic mass is 16.5. The summed E-state index contributed by atoms with van der Waals surface area (Å²) in [5, 5.41) is 0. The van der Waals surface area contributed by atoms with Crippen molar-refractivity contribution in [2.24, 2.45) is 0 Å². The van der Waals surface area contributed by atoms with Gasteiger partial charge >= 0.3 is 0 Å². The van der Waals surface area contributed by atoms with Crippen molar-refractivity contribution in [2.75, 3.05) is 13.2 Å². The second-order valence-corrected chi connectivity index (χ2v) is 4.87. The van der Waals surface area contributed by atoms with Gasteiger partial charge in [0.1, 0.15) is 0 Å². The molecule has 1 aliphatic heterocycles. The maximum absolute atomic E-state index is 4.94. The predicted molar refractivity (Wildman–Crippen MR) is 85.7 cm³/mol. The average molecular weight is 264 g/mol. The van der Waals surface area contributed by atoms with E-state index in [-0.39, 0.29) is 0 Å². The first-order chi connectivity index (χ1) is 9.35. The lowest BCUT2D eigenvalue weighted by Crippen LogP contribution is -1.74. The Labute approximate surface area is 120 Å². The number of rotatable bonds is 4. The van der Waals surface area contributed by atoms with Crippen molar-refractivity contribution in [3.05, 3.63) is 35.9 Å². The monoisotopic (exact) mass is 264 g/mol. The van der Waals surface area contributed by atoms with Crippen LogP contribution in [0.2, 0.25) is 0 Å². The van der Waals surface area contributed by atoms with Crippen LogP contribution in [0.4, 0.5) is 0 Å². The minimum Gasteiger partial charge on any atom is -0.381 e. The fraction of sp³-hybridized carbons (Fsp3) is 0.667. The van der Waals surface area contributed by atoms with E-state index in [2.05, 4.69) is 45.0 Å². The van der Waals surface area contributed by atoms with Crippen molar-refractivity contribution in [1.29, 1.82) is 0 Å². The number of aryl methyl sites for hydroxylation is 1. The second kappa shape index (κ2) is 15.2. The molecule has 1 fully saturated rings. The first kappa shape index (κ1) is 18.2. The number of benzene rings is 1. The topological polar surface area (TPSA) is 9.23 Å². The minimum absolute atomic E-state index is 1.00. The SMILES string of the molecule is C1CCOC1.CCCCCC.CCc1ccccc1. The van der Waals surface area contributed by atoms with Crippen LogP contribution in [0, 0.1) is 0 Å². The lowest BCUT2D eigenvalue weighted by molar-refractivity contribution is 0.198. The Morgan fingerprint density at radius 3 is 1.63 bits per heavy atom. The molecule has 1 heteroatoms. The molecular formula is C18H32O. The van der Waals surface area contributed by atoms with Gasteiger partial charge in [-0.15, -0.1) is 0 Å². The van der Waals surface area contributed by atoms with Crippen LogP contribution in [0.15, 0.2) is 30.3 Å². The molecule has 1 aromatic carbocycles. The minimum atomic E-state index is 1.00. The van der Waals surface area contributed by atoms with Gasteiger partial charge in [0.2, 0.25) is 0 Å². The van der Waals surface area contributed by atoms with E-state index in [1.807, 2.05) is 6.07 Å². The maximum Gasteiger partial charge on any atom is 0.0466 e. The van der Waals surface area contributed by atoms with Crippen molar-refractivity contribution < 1.29 is 4.74 Å². The summed E-state index contributed by atoms with van der Waals surface area (Å²) in [4.78, 5) is 0. The highest BCUT2D eigenvalue weighted by Crippen LogP contribution is 1.98. The standard InChI is InChI=1S/C8H10.C6H14.C4H8O/c1-2-8-6-4-3-5-7-8;1-3-5-6-4-2;1-2-4-5-3-1/h3-7H,2H2,1H3;3-6H2,1-2H3;1-4H2. The molecule has 0 bridgehead atoms. The predicted octanol–water partition coefficient (Wildman–Crippen LogP) is 5.63. The highest BCUT2D eigenvalue weighted by Gasteiger charge is 1.94. The van der Waals surface area contributed by atoms with E-state index in [1.54, 1.807) is 0 Å². The maximum atomic E-state index is 4.94. The Kier molecular flexibility index (Phi) is 14.6. The van der Waals surface area contributed by atoms with Crippen molar-refractivity contribution in [2.45, 2.75) is 65.7 Å². The summed E-state index contributed by atoms with van der Waals surface area (Å²) in [7, 11) is 0. The van der Waals surface area contributed by atoms with Gasteiger partial charge in [-0.05, 0) is 24.8 Å². The molecule has 1 aromatic rings. The molecule has 0 amide bonds. The summed E-state index contributed by atoms with van der Waals surface area (Å²) in [6.07, 6.45) is 9.23. The molecule has 2 rings (SSSR count). The Balaban J connectivity index is 0.000000264.